The van der Waals surface area contributed by atoms with Crippen molar-refractivity contribution in [3.05, 3.63) is 53.6 Å². The van der Waals surface area contributed by atoms with E-state index in [9.17, 15) is 14.4 Å². The number of hydrogen-bond acceptors (Lipinski definition) is 5. The molecule has 8 heteroatoms. The van der Waals surface area contributed by atoms with Crippen molar-refractivity contribution in [3.63, 3.8) is 0 Å². The number of benzene rings is 2. The Morgan fingerprint density at radius 2 is 1.94 bits per heavy atom. The van der Waals surface area contributed by atoms with E-state index in [0.29, 0.717) is 51.1 Å². The van der Waals surface area contributed by atoms with Crippen LogP contribution in [0.25, 0.3) is 0 Å². The summed E-state index contributed by atoms with van der Waals surface area (Å²) in [5, 5.41) is 8.60. The molecule has 2 aromatic rings. The number of carbonyl (C=O) groups excluding carboxylic acids is 3. The summed E-state index contributed by atoms with van der Waals surface area (Å²) in [4.78, 5) is 37.3. The van der Waals surface area contributed by atoms with Crippen LogP contribution in [0.3, 0.4) is 0 Å². The maximum atomic E-state index is 12.2. The van der Waals surface area contributed by atoms with Gasteiger partial charge in [-0.2, -0.15) is 0 Å². The molecule has 0 saturated carbocycles. The van der Waals surface area contributed by atoms with Crippen molar-refractivity contribution >= 4 is 29.1 Å². The largest absolute Gasteiger partial charge is 0.494 e. The minimum absolute atomic E-state index is 0.0398. The molecule has 0 spiro atoms. The Kier molecular flexibility index (Phi) is 8.21. The number of aryl methyl sites for hydroxylation is 1. The van der Waals surface area contributed by atoms with E-state index in [1.807, 2.05) is 56.6 Å². The smallest absolute Gasteiger partial charge is 0.238 e. The summed E-state index contributed by atoms with van der Waals surface area (Å²) in [6, 6.07) is 13.1. The van der Waals surface area contributed by atoms with Gasteiger partial charge in [0.05, 0.1) is 13.2 Å². The number of carbonyl (C=O) groups is 3. The number of likely N-dealkylation sites (N-methyl/N-ethyl adjacent to an activating group) is 1. The predicted molar refractivity (Wildman–Crippen MR) is 124 cm³/mol. The molecule has 0 saturated heterocycles. The Hall–Kier alpha value is -3.39. The number of amides is 3. The van der Waals surface area contributed by atoms with Gasteiger partial charge in [0.15, 0.2) is 0 Å². The molecule has 0 aliphatic carbocycles. The zero-order valence-electron chi connectivity index (χ0n) is 18.6. The number of fused-ring (bicyclic) bond motifs is 1. The van der Waals surface area contributed by atoms with Crippen LogP contribution in [0.15, 0.2) is 42.5 Å². The van der Waals surface area contributed by atoms with Crippen molar-refractivity contribution in [2.45, 2.75) is 32.2 Å². The van der Waals surface area contributed by atoms with Crippen LogP contribution in [-0.2, 0) is 27.3 Å². The minimum Gasteiger partial charge on any atom is -0.494 e. The third-order valence-corrected chi connectivity index (χ3v) is 4.95. The number of anilines is 2. The lowest BCUT2D eigenvalue weighted by molar-refractivity contribution is -0.121. The number of hydrogen-bond donors (Lipinski definition) is 3. The first-order valence-corrected chi connectivity index (χ1v) is 10.7. The first-order chi connectivity index (χ1) is 15.4. The van der Waals surface area contributed by atoms with Crippen LogP contribution >= 0.6 is 0 Å². The average Bonchev–Trinajstić information content (AvgIpc) is 2.75. The van der Waals surface area contributed by atoms with Crippen molar-refractivity contribution in [2.75, 3.05) is 37.9 Å². The number of nitrogens with one attached hydrogen (secondary N) is 3. The molecule has 1 aliphatic heterocycles. The molecule has 8 nitrogen and oxygen atoms in total. The maximum absolute atomic E-state index is 12.2. The van der Waals surface area contributed by atoms with E-state index in [1.54, 1.807) is 4.90 Å². The molecule has 0 unspecified atom stereocenters. The molecule has 1 aliphatic rings. The van der Waals surface area contributed by atoms with Crippen LogP contribution < -0.4 is 20.7 Å². The van der Waals surface area contributed by atoms with Crippen LogP contribution in [0, 0.1) is 0 Å². The molecule has 1 heterocycles. The van der Waals surface area contributed by atoms with Gasteiger partial charge in [0.25, 0.3) is 0 Å². The summed E-state index contributed by atoms with van der Waals surface area (Å²) in [6.07, 6.45) is 2.16. The Balaban J connectivity index is 1.36. The van der Waals surface area contributed by atoms with E-state index >= 15 is 0 Å². The van der Waals surface area contributed by atoms with E-state index in [1.165, 1.54) is 0 Å². The number of ether oxygens (including phenoxy) is 1. The van der Waals surface area contributed by atoms with Crippen LogP contribution in [0.2, 0.25) is 0 Å². The van der Waals surface area contributed by atoms with Gasteiger partial charge >= 0.3 is 0 Å². The molecule has 32 heavy (non-hydrogen) atoms. The highest BCUT2D eigenvalue weighted by Crippen LogP contribution is 2.26. The molecule has 0 atom stereocenters. The molecule has 0 radical (unpaired) electrons. The second kappa shape index (κ2) is 11.3. The summed E-state index contributed by atoms with van der Waals surface area (Å²) in [5.74, 6) is 0.648. The van der Waals surface area contributed by atoms with Gasteiger partial charge in [-0.3, -0.25) is 14.4 Å². The molecule has 2 aromatic carbocycles. The van der Waals surface area contributed by atoms with E-state index in [4.69, 9.17) is 4.74 Å². The van der Waals surface area contributed by atoms with E-state index < -0.39 is 0 Å². The van der Waals surface area contributed by atoms with Gasteiger partial charge in [-0.05, 0) is 68.4 Å². The quantitative estimate of drug-likeness (QED) is 0.495. The summed E-state index contributed by atoms with van der Waals surface area (Å²) < 4.78 is 5.76. The summed E-state index contributed by atoms with van der Waals surface area (Å²) in [6.45, 7) is 1.14. The second-order valence-electron chi connectivity index (χ2n) is 8.08. The minimum atomic E-state index is -0.0835. The van der Waals surface area contributed by atoms with Gasteiger partial charge in [-0.15, -0.1) is 0 Å². The fourth-order valence-electron chi connectivity index (χ4n) is 3.41. The van der Waals surface area contributed by atoms with Gasteiger partial charge in [-0.25, -0.2) is 0 Å². The van der Waals surface area contributed by atoms with Crippen molar-refractivity contribution in [1.82, 2.24) is 10.2 Å². The number of nitrogens with zero attached hydrogens (tertiary/aromatic N) is 1. The Bertz CT molecular complexity index is 974. The topological polar surface area (TPSA) is 99.8 Å². The van der Waals surface area contributed by atoms with Crippen LogP contribution in [0.4, 0.5) is 11.4 Å². The third kappa shape index (κ3) is 7.39. The van der Waals surface area contributed by atoms with Gasteiger partial charge in [0, 0.05) is 30.8 Å². The Morgan fingerprint density at radius 3 is 2.75 bits per heavy atom. The Morgan fingerprint density at radius 1 is 1.09 bits per heavy atom. The standard InChI is InChI=1S/C24H30N4O4/c1-28(2)16-24(31)26-19-6-3-5-17(13-19)15-25-22(29)7-4-12-32-20-9-10-21-18(14-20)8-11-23(30)27-21/h3,5-6,9-10,13-14H,4,7-8,11-12,15-16H2,1-2H3,(H,25,29)(H,26,31)(H,27,30). The lowest BCUT2D eigenvalue weighted by Gasteiger charge is -2.17. The summed E-state index contributed by atoms with van der Waals surface area (Å²) in [5.41, 5.74) is 3.54. The van der Waals surface area contributed by atoms with Crippen molar-refractivity contribution in [1.29, 1.82) is 0 Å². The zero-order chi connectivity index (χ0) is 22.9. The highest BCUT2D eigenvalue weighted by Gasteiger charge is 2.15. The molecule has 170 valence electrons. The molecule has 3 rings (SSSR count). The van der Waals surface area contributed by atoms with Gasteiger partial charge in [-0.1, -0.05) is 12.1 Å². The van der Waals surface area contributed by atoms with Crippen LogP contribution in [0.1, 0.15) is 30.4 Å². The summed E-state index contributed by atoms with van der Waals surface area (Å²) >= 11 is 0. The summed E-state index contributed by atoms with van der Waals surface area (Å²) in [7, 11) is 3.67. The van der Waals surface area contributed by atoms with Crippen molar-refractivity contribution in [3.8, 4) is 5.75 Å². The molecular formula is C24H30N4O4. The van der Waals surface area contributed by atoms with Crippen molar-refractivity contribution < 1.29 is 19.1 Å². The molecule has 0 bridgehead atoms. The SMILES string of the molecule is CN(C)CC(=O)Nc1cccc(CNC(=O)CCCOc2ccc3c(c2)CCC(=O)N3)c1. The van der Waals surface area contributed by atoms with Crippen molar-refractivity contribution in [2.24, 2.45) is 0 Å². The van der Waals surface area contributed by atoms with E-state index in [0.717, 1.165) is 22.6 Å². The number of rotatable bonds is 10. The monoisotopic (exact) mass is 438 g/mol. The van der Waals surface area contributed by atoms with E-state index in [-0.39, 0.29) is 17.7 Å². The highest BCUT2D eigenvalue weighted by atomic mass is 16.5. The van der Waals surface area contributed by atoms with Gasteiger partial charge in [0.2, 0.25) is 17.7 Å². The first-order valence-electron chi connectivity index (χ1n) is 10.7. The second-order valence-corrected chi connectivity index (χ2v) is 8.08. The lowest BCUT2D eigenvalue weighted by atomic mass is 10.0. The predicted octanol–water partition coefficient (Wildman–Crippen LogP) is 2.55. The lowest BCUT2D eigenvalue weighted by Crippen LogP contribution is -2.27. The van der Waals surface area contributed by atoms with E-state index in [2.05, 4.69) is 16.0 Å². The van der Waals surface area contributed by atoms with Crippen LogP contribution in [-0.4, -0.2) is 49.9 Å². The normalized spacial score (nSPS) is 12.7. The first kappa shape index (κ1) is 23.3. The maximum Gasteiger partial charge on any atom is 0.238 e. The molecule has 3 amide bonds. The zero-order valence-corrected chi connectivity index (χ0v) is 18.6. The van der Waals surface area contributed by atoms with Crippen LogP contribution in [0.5, 0.6) is 5.75 Å². The Labute approximate surface area is 188 Å². The average molecular weight is 439 g/mol. The van der Waals surface area contributed by atoms with Gasteiger partial charge in [0.1, 0.15) is 5.75 Å². The fourth-order valence-corrected chi connectivity index (χ4v) is 3.41. The molecule has 3 N–H and O–H groups in total. The fraction of sp³-hybridized carbons (Fsp3) is 0.375. The molecule has 0 fully saturated rings. The molecular weight excluding hydrogens is 408 g/mol. The molecule has 0 aromatic heterocycles. The third-order valence-electron chi connectivity index (χ3n) is 4.95. The highest BCUT2D eigenvalue weighted by molar-refractivity contribution is 5.94. The van der Waals surface area contributed by atoms with Gasteiger partial charge < -0.3 is 25.6 Å².